The molecule has 0 radical (unpaired) electrons. The molecule has 0 N–H and O–H groups in total. The van der Waals surface area contributed by atoms with Crippen molar-refractivity contribution in [3.05, 3.63) is 18.3 Å². The van der Waals surface area contributed by atoms with Crippen LogP contribution >= 0.6 is 0 Å². The number of aromatic nitrogens is 1. The average molecular weight is 368 g/mol. The Balaban J connectivity index is 1.63. The highest BCUT2D eigenvalue weighted by atomic mass is 32.2. The van der Waals surface area contributed by atoms with Crippen molar-refractivity contribution in [1.29, 1.82) is 0 Å². The Morgan fingerprint density at radius 2 is 1.84 bits per heavy atom. The van der Waals surface area contributed by atoms with E-state index in [1.54, 1.807) is 6.07 Å². The number of morpholine rings is 1. The van der Waals surface area contributed by atoms with Crippen LogP contribution in [0.1, 0.15) is 33.1 Å². The largest absolute Gasteiger partial charge is 0.379 e. The van der Waals surface area contributed by atoms with Crippen LogP contribution in [0.25, 0.3) is 0 Å². The molecule has 25 heavy (non-hydrogen) atoms. The van der Waals surface area contributed by atoms with Crippen LogP contribution in [0.4, 0.5) is 5.82 Å². The maximum atomic E-state index is 12.6. The van der Waals surface area contributed by atoms with Crippen LogP contribution in [0.15, 0.2) is 23.2 Å². The molecule has 0 unspecified atom stereocenters. The van der Waals surface area contributed by atoms with Crippen LogP contribution in [-0.4, -0.2) is 57.1 Å². The fraction of sp³-hybridized carbons (Fsp3) is 0.722. The van der Waals surface area contributed by atoms with Crippen molar-refractivity contribution in [1.82, 2.24) is 9.29 Å². The van der Waals surface area contributed by atoms with Gasteiger partial charge < -0.3 is 9.64 Å². The Labute approximate surface area is 151 Å². The Hall–Kier alpha value is -1.18. The third kappa shape index (κ3) is 4.51. The zero-order valence-corrected chi connectivity index (χ0v) is 16.0. The van der Waals surface area contributed by atoms with E-state index in [0.717, 1.165) is 30.7 Å². The molecule has 3 rings (SSSR count). The molecule has 0 saturated carbocycles. The molecule has 0 amide bonds. The van der Waals surface area contributed by atoms with Crippen LogP contribution in [0, 0.1) is 11.8 Å². The Kier molecular flexibility index (Phi) is 5.96. The van der Waals surface area contributed by atoms with Gasteiger partial charge in [-0.1, -0.05) is 13.8 Å². The number of anilines is 1. The molecule has 1 aromatic heterocycles. The molecule has 0 atom stereocenters. The molecule has 3 heterocycles. The normalized spacial score (nSPS) is 21.0. The zero-order chi connectivity index (χ0) is 17.9. The molecule has 2 aliphatic rings. The first-order valence-electron chi connectivity index (χ1n) is 9.25. The van der Waals surface area contributed by atoms with Crippen molar-refractivity contribution in [2.45, 2.75) is 38.0 Å². The van der Waals surface area contributed by atoms with Gasteiger partial charge in [-0.2, -0.15) is 4.31 Å². The smallest absolute Gasteiger partial charge is 0.244 e. The van der Waals surface area contributed by atoms with E-state index >= 15 is 0 Å². The van der Waals surface area contributed by atoms with E-state index < -0.39 is 10.0 Å². The van der Waals surface area contributed by atoms with Crippen molar-refractivity contribution in [3.8, 4) is 0 Å². The standard InChI is InChI=1S/C18H29N3O3S/c1-15(2)13-16-5-7-20(8-6-16)18-4-3-17(14-19-18)25(22,23)21-9-11-24-12-10-21/h3-4,14-16H,5-13H2,1-2H3. The first-order chi connectivity index (χ1) is 12.0. The molecular weight excluding hydrogens is 338 g/mol. The second-order valence-electron chi connectivity index (χ2n) is 7.43. The third-order valence-corrected chi connectivity index (χ3v) is 6.95. The Bertz CT molecular complexity index is 647. The average Bonchev–Trinajstić information content (AvgIpc) is 2.63. The molecule has 7 heteroatoms. The summed E-state index contributed by atoms with van der Waals surface area (Å²) in [5.74, 6) is 2.43. The molecule has 0 aliphatic carbocycles. The highest BCUT2D eigenvalue weighted by Crippen LogP contribution is 2.27. The minimum absolute atomic E-state index is 0.271. The summed E-state index contributed by atoms with van der Waals surface area (Å²) < 4.78 is 32.0. The first kappa shape index (κ1) is 18.6. The summed E-state index contributed by atoms with van der Waals surface area (Å²) in [6.07, 6.45) is 5.17. The molecule has 140 valence electrons. The van der Waals surface area contributed by atoms with E-state index in [-0.39, 0.29) is 4.90 Å². The lowest BCUT2D eigenvalue weighted by atomic mass is 9.89. The summed E-state index contributed by atoms with van der Waals surface area (Å²) in [5.41, 5.74) is 0. The fourth-order valence-corrected chi connectivity index (χ4v) is 5.07. The van der Waals surface area contributed by atoms with Gasteiger partial charge in [-0.25, -0.2) is 13.4 Å². The molecule has 1 aromatic rings. The van der Waals surface area contributed by atoms with Gasteiger partial charge in [0.15, 0.2) is 0 Å². The van der Waals surface area contributed by atoms with E-state index in [9.17, 15) is 8.42 Å². The second-order valence-corrected chi connectivity index (χ2v) is 9.37. The van der Waals surface area contributed by atoms with Gasteiger partial charge in [-0.15, -0.1) is 0 Å². The summed E-state index contributed by atoms with van der Waals surface area (Å²) in [5, 5.41) is 0. The fourth-order valence-electron chi connectivity index (χ4n) is 3.71. The second kappa shape index (κ2) is 8.01. The van der Waals surface area contributed by atoms with Gasteiger partial charge in [0.2, 0.25) is 10.0 Å². The van der Waals surface area contributed by atoms with Gasteiger partial charge in [0, 0.05) is 32.4 Å². The maximum absolute atomic E-state index is 12.6. The van der Waals surface area contributed by atoms with Crippen LogP contribution in [0.5, 0.6) is 0 Å². The third-order valence-electron chi connectivity index (χ3n) is 5.07. The monoisotopic (exact) mass is 367 g/mol. The van der Waals surface area contributed by atoms with Crippen molar-refractivity contribution in [2.75, 3.05) is 44.3 Å². The van der Waals surface area contributed by atoms with Crippen LogP contribution < -0.4 is 4.90 Å². The van der Waals surface area contributed by atoms with Gasteiger partial charge in [0.1, 0.15) is 10.7 Å². The van der Waals surface area contributed by atoms with Crippen LogP contribution in [0.2, 0.25) is 0 Å². The Morgan fingerprint density at radius 1 is 1.16 bits per heavy atom. The van der Waals surface area contributed by atoms with Crippen molar-refractivity contribution >= 4 is 15.8 Å². The summed E-state index contributed by atoms with van der Waals surface area (Å²) in [6, 6.07) is 3.53. The number of hydrogen-bond donors (Lipinski definition) is 0. The molecule has 2 aliphatic heterocycles. The lowest BCUT2D eigenvalue weighted by molar-refractivity contribution is 0.0730. The number of sulfonamides is 1. The number of rotatable bonds is 5. The first-order valence-corrected chi connectivity index (χ1v) is 10.7. The molecule has 2 saturated heterocycles. The summed E-state index contributed by atoms with van der Waals surface area (Å²) in [4.78, 5) is 6.98. The number of hydrogen-bond acceptors (Lipinski definition) is 5. The highest BCUT2D eigenvalue weighted by molar-refractivity contribution is 7.89. The maximum Gasteiger partial charge on any atom is 0.244 e. The van der Waals surface area contributed by atoms with E-state index in [4.69, 9.17) is 4.74 Å². The number of ether oxygens (including phenoxy) is 1. The number of pyridine rings is 1. The predicted octanol–water partition coefficient (Wildman–Crippen LogP) is 2.37. The zero-order valence-electron chi connectivity index (χ0n) is 15.2. The number of piperidine rings is 1. The van der Waals surface area contributed by atoms with E-state index in [0.29, 0.717) is 26.3 Å². The van der Waals surface area contributed by atoms with Crippen LogP contribution in [-0.2, 0) is 14.8 Å². The minimum atomic E-state index is -3.46. The topological polar surface area (TPSA) is 62.7 Å². The molecule has 0 spiro atoms. The van der Waals surface area contributed by atoms with Gasteiger partial charge in [-0.3, -0.25) is 0 Å². The summed E-state index contributed by atoms with van der Waals surface area (Å²) >= 11 is 0. The lowest BCUT2D eigenvalue weighted by Crippen LogP contribution is -2.40. The molecule has 0 aromatic carbocycles. The predicted molar refractivity (Wildman–Crippen MR) is 98.2 cm³/mol. The van der Waals surface area contributed by atoms with Gasteiger partial charge >= 0.3 is 0 Å². The Morgan fingerprint density at radius 3 is 2.40 bits per heavy atom. The molecule has 6 nitrogen and oxygen atoms in total. The highest BCUT2D eigenvalue weighted by Gasteiger charge is 2.27. The molecule has 2 fully saturated rings. The van der Waals surface area contributed by atoms with Gasteiger partial charge in [0.05, 0.1) is 13.2 Å². The minimum Gasteiger partial charge on any atom is -0.379 e. The van der Waals surface area contributed by atoms with Crippen molar-refractivity contribution in [2.24, 2.45) is 11.8 Å². The summed E-state index contributed by atoms with van der Waals surface area (Å²) in [6.45, 7) is 8.29. The van der Waals surface area contributed by atoms with Crippen molar-refractivity contribution in [3.63, 3.8) is 0 Å². The lowest BCUT2D eigenvalue weighted by Gasteiger charge is -2.33. The van der Waals surface area contributed by atoms with Crippen molar-refractivity contribution < 1.29 is 13.2 Å². The van der Waals surface area contributed by atoms with E-state index in [2.05, 4.69) is 23.7 Å². The van der Waals surface area contributed by atoms with E-state index in [1.807, 2.05) is 6.07 Å². The number of nitrogens with zero attached hydrogens (tertiary/aromatic N) is 3. The quantitative estimate of drug-likeness (QED) is 0.799. The summed E-state index contributed by atoms with van der Waals surface area (Å²) in [7, 11) is -3.46. The van der Waals surface area contributed by atoms with Crippen LogP contribution in [0.3, 0.4) is 0 Å². The van der Waals surface area contributed by atoms with Gasteiger partial charge in [-0.05, 0) is 43.2 Å². The van der Waals surface area contributed by atoms with Gasteiger partial charge in [0.25, 0.3) is 0 Å². The molecular formula is C18H29N3O3S. The molecule has 0 bridgehead atoms. The SMILES string of the molecule is CC(C)CC1CCN(c2ccc(S(=O)(=O)N3CCOCC3)cn2)CC1. The van der Waals surface area contributed by atoms with E-state index in [1.165, 1.54) is 29.8 Å².